The van der Waals surface area contributed by atoms with Gasteiger partial charge >= 0.3 is 17.9 Å². The fourth-order valence-corrected chi connectivity index (χ4v) is 2.52. The summed E-state index contributed by atoms with van der Waals surface area (Å²) < 4.78 is 14.8. The summed E-state index contributed by atoms with van der Waals surface area (Å²) in [6.45, 7) is 3.24. The second kappa shape index (κ2) is 7.65. The number of nitrogens with one attached hydrogen (secondary N) is 1. The molecule has 1 N–H and O–H groups in total. The van der Waals surface area contributed by atoms with E-state index in [0.717, 1.165) is 0 Å². The van der Waals surface area contributed by atoms with Gasteiger partial charge in [0.05, 0.1) is 19.8 Å². The normalized spacial score (nSPS) is 11.5. The smallest absolute Gasteiger partial charge is 0.356 e. The van der Waals surface area contributed by atoms with Gasteiger partial charge in [0.25, 0.3) is 0 Å². The zero-order chi connectivity index (χ0) is 18.6. The second-order valence-corrected chi connectivity index (χ2v) is 5.34. The Morgan fingerprint density at radius 3 is 2.16 bits per heavy atom. The largest absolute Gasteiger partial charge is 0.466 e. The number of esters is 3. The van der Waals surface area contributed by atoms with Gasteiger partial charge in [-0.1, -0.05) is 30.3 Å². The summed E-state index contributed by atoms with van der Waals surface area (Å²) in [6.07, 6.45) is -1.21. The van der Waals surface area contributed by atoms with Gasteiger partial charge in [-0.25, -0.2) is 14.4 Å². The predicted octanol–water partition coefficient (Wildman–Crippen LogP) is 2.49. The molecule has 0 spiro atoms. The average molecular weight is 345 g/mol. The molecular weight excluding hydrogens is 326 g/mol. The Labute approximate surface area is 144 Å². The molecule has 2 aromatic rings. The summed E-state index contributed by atoms with van der Waals surface area (Å²) >= 11 is 0. The molecular formula is C18H19NO6. The van der Waals surface area contributed by atoms with Crippen molar-refractivity contribution in [1.29, 1.82) is 0 Å². The van der Waals surface area contributed by atoms with Gasteiger partial charge < -0.3 is 19.2 Å². The first kappa shape index (κ1) is 18.3. The number of carbonyl (C=O) groups is 3. The molecule has 1 heterocycles. The first-order valence-electron chi connectivity index (χ1n) is 7.51. The number of aromatic amines is 1. The van der Waals surface area contributed by atoms with Crippen molar-refractivity contribution in [2.75, 3.05) is 14.2 Å². The highest BCUT2D eigenvalue weighted by atomic mass is 16.6. The molecule has 1 unspecified atom stereocenters. The maximum atomic E-state index is 12.5. The Morgan fingerprint density at radius 2 is 1.60 bits per heavy atom. The Hall–Kier alpha value is -3.09. The Balaban J connectivity index is 2.34. The van der Waals surface area contributed by atoms with Gasteiger partial charge in [0.1, 0.15) is 5.69 Å². The highest BCUT2D eigenvalue weighted by Crippen LogP contribution is 2.24. The lowest BCUT2D eigenvalue weighted by atomic mass is 10.1. The molecule has 2 rings (SSSR count). The summed E-state index contributed by atoms with van der Waals surface area (Å²) in [4.78, 5) is 39.2. The molecule has 7 nitrogen and oxygen atoms in total. The van der Waals surface area contributed by atoms with E-state index < -0.39 is 24.0 Å². The predicted molar refractivity (Wildman–Crippen MR) is 88.2 cm³/mol. The number of rotatable bonds is 5. The highest BCUT2D eigenvalue weighted by Gasteiger charge is 2.29. The maximum Gasteiger partial charge on any atom is 0.356 e. The van der Waals surface area contributed by atoms with Crippen molar-refractivity contribution in [3.05, 3.63) is 58.4 Å². The van der Waals surface area contributed by atoms with Crippen LogP contribution in [0.4, 0.5) is 0 Å². The zero-order valence-corrected chi connectivity index (χ0v) is 14.4. The van der Waals surface area contributed by atoms with Crippen molar-refractivity contribution in [3.8, 4) is 0 Å². The maximum absolute atomic E-state index is 12.5. The minimum Gasteiger partial charge on any atom is -0.466 e. The molecule has 25 heavy (non-hydrogen) atoms. The van der Waals surface area contributed by atoms with Crippen LogP contribution < -0.4 is 0 Å². The first-order valence-corrected chi connectivity index (χ1v) is 7.51. The van der Waals surface area contributed by atoms with Gasteiger partial charge in [-0.3, -0.25) is 0 Å². The van der Waals surface area contributed by atoms with Gasteiger partial charge in [-0.2, -0.15) is 0 Å². The summed E-state index contributed by atoms with van der Waals surface area (Å²) in [5.41, 5.74) is 1.71. The number of hydrogen-bond acceptors (Lipinski definition) is 6. The SMILES string of the molecule is COC(=O)c1c(C)[nH]c(C(=O)OC(C(=O)OC)c2ccccc2)c1C. The monoisotopic (exact) mass is 345 g/mol. The standard InChI is InChI=1S/C18H19NO6/c1-10-13(16(20)23-3)11(2)19-14(10)17(21)25-15(18(22)24-4)12-8-6-5-7-9-12/h5-9,15,19H,1-4H3. The number of aromatic nitrogens is 1. The second-order valence-electron chi connectivity index (χ2n) is 5.34. The lowest BCUT2D eigenvalue weighted by Gasteiger charge is -2.15. The van der Waals surface area contributed by atoms with E-state index in [-0.39, 0.29) is 11.3 Å². The van der Waals surface area contributed by atoms with Crippen LogP contribution in [0.25, 0.3) is 0 Å². The third-order valence-corrected chi connectivity index (χ3v) is 3.77. The first-order chi connectivity index (χ1) is 11.9. The van der Waals surface area contributed by atoms with Crippen LogP contribution in [0.3, 0.4) is 0 Å². The van der Waals surface area contributed by atoms with E-state index in [9.17, 15) is 14.4 Å². The molecule has 0 fully saturated rings. The quantitative estimate of drug-likeness (QED) is 0.661. The van der Waals surface area contributed by atoms with Crippen molar-refractivity contribution in [3.63, 3.8) is 0 Å². The van der Waals surface area contributed by atoms with Crippen LogP contribution in [0, 0.1) is 13.8 Å². The van der Waals surface area contributed by atoms with Crippen molar-refractivity contribution >= 4 is 17.9 Å². The van der Waals surface area contributed by atoms with Crippen molar-refractivity contribution in [1.82, 2.24) is 4.98 Å². The molecule has 0 saturated heterocycles. The van der Waals surface area contributed by atoms with E-state index >= 15 is 0 Å². The van der Waals surface area contributed by atoms with E-state index in [1.165, 1.54) is 14.2 Å². The molecule has 7 heteroatoms. The van der Waals surface area contributed by atoms with Gasteiger partial charge in [-0.05, 0) is 19.4 Å². The van der Waals surface area contributed by atoms with Gasteiger partial charge in [0.15, 0.2) is 0 Å². The van der Waals surface area contributed by atoms with Crippen molar-refractivity contribution in [2.24, 2.45) is 0 Å². The minimum absolute atomic E-state index is 0.0859. The van der Waals surface area contributed by atoms with E-state index in [1.807, 2.05) is 0 Å². The van der Waals surface area contributed by atoms with Crippen LogP contribution in [-0.4, -0.2) is 37.1 Å². The van der Waals surface area contributed by atoms with Crippen LogP contribution in [0.5, 0.6) is 0 Å². The van der Waals surface area contributed by atoms with E-state index in [0.29, 0.717) is 16.8 Å². The number of aryl methyl sites for hydroxylation is 1. The summed E-state index contributed by atoms with van der Waals surface area (Å²) in [5.74, 6) is -2.03. The number of hydrogen-bond donors (Lipinski definition) is 1. The number of H-pyrrole nitrogens is 1. The van der Waals surface area contributed by atoms with Gasteiger partial charge in [0.2, 0.25) is 6.10 Å². The molecule has 0 bridgehead atoms. The van der Waals surface area contributed by atoms with E-state index in [4.69, 9.17) is 14.2 Å². The fraction of sp³-hybridized carbons (Fsp3) is 0.278. The lowest BCUT2D eigenvalue weighted by molar-refractivity contribution is -0.151. The molecule has 0 aliphatic rings. The molecule has 0 amide bonds. The molecule has 1 aromatic heterocycles. The van der Waals surface area contributed by atoms with Crippen LogP contribution in [0.1, 0.15) is 43.8 Å². The Kier molecular flexibility index (Phi) is 5.59. The molecule has 1 aromatic carbocycles. The van der Waals surface area contributed by atoms with Crippen LogP contribution in [-0.2, 0) is 19.0 Å². The van der Waals surface area contributed by atoms with E-state index in [2.05, 4.69) is 4.98 Å². The van der Waals surface area contributed by atoms with E-state index in [1.54, 1.807) is 44.2 Å². The highest BCUT2D eigenvalue weighted by molar-refractivity contribution is 5.99. The van der Waals surface area contributed by atoms with Crippen LogP contribution in [0.2, 0.25) is 0 Å². The lowest BCUT2D eigenvalue weighted by Crippen LogP contribution is -2.21. The molecule has 1 atom stereocenters. The third kappa shape index (κ3) is 3.71. The molecule has 0 aliphatic heterocycles. The Morgan fingerprint density at radius 1 is 0.960 bits per heavy atom. The van der Waals surface area contributed by atoms with Gasteiger partial charge in [-0.15, -0.1) is 0 Å². The number of carbonyl (C=O) groups excluding carboxylic acids is 3. The molecule has 0 aliphatic carbocycles. The zero-order valence-electron chi connectivity index (χ0n) is 14.4. The average Bonchev–Trinajstić information content (AvgIpc) is 2.93. The Bertz CT molecular complexity index is 793. The van der Waals surface area contributed by atoms with Crippen LogP contribution in [0.15, 0.2) is 30.3 Å². The molecule has 132 valence electrons. The number of ether oxygens (including phenoxy) is 3. The minimum atomic E-state index is -1.21. The third-order valence-electron chi connectivity index (χ3n) is 3.77. The fourth-order valence-electron chi connectivity index (χ4n) is 2.52. The van der Waals surface area contributed by atoms with Crippen molar-refractivity contribution in [2.45, 2.75) is 20.0 Å². The summed E-state index contributed by atoms with van der Waals surface area (Å²) in [7, 11) is 2.47. The molecule has 0 saturated carbocycles. The number of methoxy groups -OCH3 is 2. The number of benzene rings is 1. The summed E-state index contributed by atoms with van der Waals surface area (Å²) in [5, 5.41) is 0. The van der Waals surface area contributed by atoms with Crippen LogP contribution >= 0.6 is 0 Å². The topological polar surface area (TPSA) is 94.7 Å². The van der Waals surface area contributed by atoms with Crippen molar-refractivity contribution < 1.29 is 28.6 Å². The van der Waals surface area contributed by atoms with Gasteiger partial charge in [0, 0.05) is 11.3 Å². The summed E-state index contributed by atoms with van der Waals surface area (Å²) in [6, 6.07) is 8.53. The molecule has 0 radical (unpaired) electrons.